The largest absolute Gasteiger partial charge is 0.507 e. The lowest BCUT2D eigenvalue weighted by atomic mass is 9.81. The summed E-state index contributed by atoms with van der Waals surface area (Å²) in [5, 5.41) is 11.4. The third kappa shape index (κ3) is 5.79. The number of phenolic OH excluding ortho intramolecular Hbond substituents is 1. The van der Waals surface area contributed by atoms with Crippen LogP contribution < -0.4 is 14.0 Å². The van der Waals surface area contributed by atoms with Gasteiger partial charge in [0.15, 0.2) is 0 Å². The van der Waals surface area contributed by atoms with E-state index >= 15 is 0 Å². The maximum absolute atomic E-state index is 11.4. The van der Waals surface area contributed by atoms with Crippen LogP contribution in [0.1, 0.15) is 66.5 Å². The van der Waals surface area contributed by atoms with Gasteiger partial charge >= 0.3 is 8.60 Å². The molecular weight excluding hydrogens is 451 g/mol. The van der Waals surface area contributed by atoms with E-state index < -0.39 is 8.60 Å². The zero-order valence-electron chi connectivity index (χ0n) is 22.2. The molecule has 1 fully saturated rings. The van der Waals surface area contributed by atoms with Gasteiger partial charge in [0.1, 0.15) is 23.0 Å². The fourth-order valence-corrected chi connectivity index (χ4v) is 5.18. The standard InChI is InChI=1S/C27H39O6P/c1-25(2,3)21-13-17(29-9)11-19(23(21)28)20-12-18(30-10)14-22(26(4,5)6)24(20)33-34-31-15-27(7,8)16-32-34/h11-14,28H,15-16H2,1-10H3. The second-order valence-corrected chi connectivity index (χ2v) is 12.8. The Morgan fingerprint density at radius 1 is 0.794 bits per heavy atom. The van der Waals surface area contributed by atoms with E-state index in [9.17, 15) is 5.11 Å². The van der Waals surface area contributed by atoms with E-state index in [1.807, 2.05) is 24.3 Å². The first-order valence-electron chi connectivity index (χ1n) is 11.5. The fourth-order valence-electron chi connectivity index (χ4n) is 3.74. The summed E-state index contributed by atoms with van der Waals surface area (Å²) in [7, 11) is 1.67. The van der Waals surface area contributed by atoms with Crippen molar-refractivity contribution in [1.29, 1.82) is 0 Å². The van der Waals surface area contributed by atoms with Gasteiger partial charge in [0.25, 0.3) is 0 Å². The average Bonchev–Trinajstić information content (AvgIpc) is 2.74. The highest BCUT2D eigenvalue weighted by Gasteiger charge is 2.34. The maximum atomic E-state index is 11.4. The smallest absolute Gasteiger partial charge is 0.397 e. The van der Waals surface area contributed by atoms with Crippen LogP contribution in [0.25, 0.3) is 11.1 Å². The predicted octanol–water partition coefficient (Wildman–Crippen LogP) is 7.35. The number of methoxy groups -OCH3 is 2. The summed E-state index contributed by atoms with van der Waals surface area (Å²) in [5.74, 6) is 2.13. The second kappa shape index (κ2) is 9.56. The summed E-state index contributed by atoms with van der Waals surface area (Å²) >= 11 is 0. The fraction of sp³-hybridized carbons (Fsp3) is 0.556. The molecule has 0 saturated carbocycles. The van der Waals surface area contributed by atoms with Crippen molar-refractivity contribution in [2.45, 2.75) is 66.2 Å². The van der Waals surface area contributed by atoms with Crippen LogP contribution in [-0.2, 0) is 19.9 Å². The van der Waals surface area contributed by atoms with Crippen molar-refractivity contribution in [3.05, 3.63) is 35.4 Å². The summed E-state index contributed by atoms with van der Waals surface area (Å²) < 4.78 is 29.7. The van der Waals surface area contributed by atoms with Crippen molar-refractivity contribution < 1.29 is 28.2 Å². The molecule has 3 rings (SSSR count). The number of rotatable bonds is 5. The Hall–Kier alpha value is -2.01. The molecule has 6 nitrogen and oxygen atoms in total. The van der Waals surface area contributed by atoms with Crippen molar-refractivity contribution >= 4 is 8.60 Å². The van der Waals surface area contributed by atoms with Crippen LogP contribution in [0.4, 0.5) is 0 Å². The van der Waals surface area contributed by atoms with E-state index in [0.29, 0.717) is 41.6 Å². The van der Waals surface area contributed by atoms with Gasteiger partial charge < -0.3 is 28.2 Å². The molecule has 2 aromatic rings. The molecule has 1 heterocycles. The van der Waals surface area contributed by atoms with Crippen molar-refractivity contribution in [2.75, 3.05) is 27.4 Å². The van der Waals surface area contributed by atoms with Crippen LogP contribution in [0.3, 0.4) is 0 Å². The molecule has 1 aliphatic heterocycles. The van der Waals surface area contributed by atoms with Crippen molar-refractivity contribution in [2.24, 2.45) is 5.41 Å². The Labute approximate surface area is 205 Å². The summed E-state index contributed by atoms with van der Waals surface area (Å²) in [6, 6.07) is 7.57. The second-order valence-electron chi connectivity index (χ2n) is 11.6. The molecule has 0 atom stereocenters. The lowest BCUT2D eigenvalue weighted by Gasteiger charge is -2.34. The summed E-state index contributed by atoms with van der Waals surface area (Å²) in [5.41, 5.74) is 2.38. The van der Waals surface area contributed by atoms with Crippen LogP contribution in [0.5, 0.6) is 23.0 Å². The highest BCUT2D eigenvalue weighted by Crippen LogP contribution is 2.54. The Morgan fingerprint density at radius 3 is 1.74 bits per heavy atom. The first-order valence-corrected chi connectivity index (χ1v) is 12.6. The van der Waals surface area contributed by atoms with Gasteiger partial charge in [-0.05, 0) is 35.1 Å². The molecule has 0 aromatic heterocycles. The van der Waals surface area contributed by atoms with Crippen LogP contribution >= 0.6 is 8.60 Å². The monoisotopic (exact) mass is 490 g/mol. The topological polar surface area (TPSA) is 66.4 Å². The molecule has 0 unspecified atom stereocenters. The van der Waals surface area contributed by atoms with Gasteiger partial charge in [0, 0.05) is 27.7 Å². The molecule has 0 amide bonds. The summed E-state index contributed by atoms with van der Waals surface area (Å²) in [4.78, 5) is 0. The van der Waals surface area contributed by atoms with Crippen molar-refractivity contribution in [3.8, 4) is 34.1 Å². The van der Waals surface area contributed by atoms with Gasteiger partial charge in [0.05, 0.1) is 27.4 Å². The van der Waals surface area contributed by atoms with E-state index in [-0.39, 0.29) is 22.0 Å². The highest BCUT2D eigenvalue weighted by molar-refractivity contribution is 7.42. The molecule has 0 spiro atoms. The van der Waals surface area contributed by atoms with E-state index in [1.165, 1.54) is 0 Å². The van der Waals surface area contributed by atoms with E-state index in [4.69, 9.17) is 23.0 Å². The SMILES string of the molecule is COc1cc(-c2cc(OC)cc(C(C)(C)C)c2OP2OCC(C)(C)CO2)c(O)c(C(C)(C)C)c1. The van der Waals surface area contributed by atoms with Crippen LogP contribution in [0.2, 0.25) is 0 Å². The third-order valence-corrected chi connectivity index (χ3v) is 6.82. The Balaban J connectivity index is 2.26. The van der Waals surface area contributed by atoms with Crippen molar-refractivity contribution in [1.82, 2.24) is 0 Å². The number of hydrogen-bond acceptors (Lipinski definition) is 6. The molecule has 1 aliphatic rings. The van der Waals surface area contributed by atoms with Gasteiger partial charge in [-0.1, -0.05) is 55.4 Å². The summed E-state index contributed by atoms with van der Waals surface area (Å²) in [6.45, 7) is 17.8. The number of phenols is 1. The first kappa shape index (κ1) is 26.6. The molecule has 2 aromatic carbocycles. The van der Waals surface area contributed by atoms with Crippen LogP contribution in [0, 0.1) is 5.41 Å². The van der Waals surface area contributed by atoms with E-state index in [2.05, 4.69) is 55.4 Å². The van der Waals surface area contributed by atoms with Crippen molar-refractivity contribution in [3.63, 3.8) is 0 Å². The molecular formula is C27H39O6P. The molecule has 7 heteroatoms. The molecule has 0 aliphatic carbocycles. The predicted molar refractivity (Wildman–Crippen MR) is 137 cm³/mol. The lowest BCUT2D eigenvalue weighted by Crippen LogP contribution is -2.29. The molecule has 0 radical (unpaired) electrons. The molecule has 0 bridgehead atoms. The van der Waals surface area contributed by atoms with Gasteiger partial charge in [0.2, 0.25) is 0 Å². The molecule has 1 saturated heterocycles. The van der Waals surface area contributed by atoms with E-state index in [0.717, 1.165) is 11.1 Å². The normalized spacial score (nSPS) is 16.9. The van der Waals surface area contributed by atoms with E-state index in [1.54, 1.807) is 14.2 Å². The average molecular weight is 491 g/mol. The maximum Gasteiger partial charge on any atom is 0.397 e. The quantitative estimate of drug-likeness (QED) is 0.442. The molecule has 188 valence electrons. The summed E-state index contributed by atoms with van der Waals surface area (Å²) in [6.07, 6.45) is 0. The lowest BCUT2D eigenvalue weighted by molar-refractivity contribution is 0.0425. The van der Waals surface area contributed by atoms with Gasteiger partial charge in [-0.15, -0.1) is 0 Å². The number of hydrogen-bond donors (Lipinski definition) is 1. The number of benzene rings is 2. The van der Waals surface area contributed by atoms with Gasteiger partial charge in [-0.25, -0.2) is 0 Å². The minimum Gasteiger partial charge on any atom is -0.507 e. The number of ether oxygens (including phenoxy) is 2. The van der Waals surface area contributed by atoms with Gasteiger partial charge in [-0.3, -0.25) is 0 Å². The van der Waals surface area contributed by atoms with Crippen LogP contribution in [-0.4, -0.2) is 32.5 Å². The Morgan fingerprint density at radius 2 is 1.26 bits per heavy atom. The van der Waals surface area contributed by atoms with Crippen LogP contribution in [0.15, 0.2) is 24.3 Å². The minimum atomic E-state index is -1.60. The highest BCUT2D eigenvalue weighted by atomic mass is 31.2. The minimum absolute atomic E-state index is 0.0650. The number of aromatic hydroxyl groups is 1. The molecule has 34 heavy (non-hydrogen) atoms. The first-order chi connectivity index (χ1) is 15.7. The Bertz CT molecular complexity index is 1020. The zero-order chi connectivity index (χ0) is 25.5. The zero-order valence-corrected chi connectivity index (χ0v) is 23.1. The Kier molecular flexibility index (Phi) is 7.48. The van der Waals surface area contributed by atoms with Gasteiger partial charge in [-0.2, -0.15) is 0 Å². The molecule has 1 N–H and O–H groups in total. The third-order valence-electron chi connectivity index (χ3n) is 5.81.